The van der Waals surface area contributed by atoms with Gasteiger partial charge in [-0.05, 0) is 48.2 Å². The number of benzene rings is 2. The molecular formula is C24H21N3O4S2. The fourth-order valence-corrected chi connectivity index (χ4v) is 4.53. The Hall–Kier alpha value is -3.69. The van der Waals surface area contributed by atoms with E-state index in [-0.39, 0.29) is 6.61 Å². The molecule has 2 heterocycles. The molecule has 0 aliphatic heterocycles. The zero-order valence-corrected chi connectivity index (χ0v) is 19.4. The summed E-state index contributed by atoms with van der Waals surface area (Å²) in [4.78, 5) is 29.4. The van der Waals surface area contributed by atoms with Gasteiger partial charge in [-0.1, -0.05) is 30.3 Å². The van der Waals surface area contributed by atoms with Crippen LogP contribution in [0.1, 0.15) is 20.9 Å². The van der Waals surface area contributed by atoms with Crippen LogP contribution in [0.2, 0.25) is 0 Å². The maximum Gasteiger partial charge on any atom is 0.281 e. The van der Waals surface area contributed by atoms with Crippen LogP contribution in [0.4, 0.5) is 0 Å². The fraction of sp³-hybridized carbons (Fsp3) is 0.125. The second-order valence-electron chi connectivity index (χ2n) is 6.98. The minimum absolute atomic E-state index is 0.244. The molecule has 168 valence electrons. The molecule has 0 aliphatic rings. The van der Waals surface area contributed by atoms with Gasteiger partial charge in [0.1, 0.15) is 28.0 Å². The van der Waals surface area contributed by atoms with Crippen molar-refractivity contribution in [3.05, 3.63) is 87.6 Å². The Morgan fingerprint density at radius 2 is 1.67 bits per heavy atom. The Kier molecular flexibility index (Phi) is 7.33. The number of thiophene rings is 1. The molecule has 0 saturated heterocycles. The average molecular weight is 480 g/mol. The highest BCUT2D eigenvalue weighted by molar-refractivity contribution is 7.17. The molecule has 0 spiro atoms. The summed E-state index contributed by atoms with van der Waals surface area (Å²) >= 11 is 2.85. The molecule has 2 N–H and O–H groups in total. The highest BCUT2D eigenvalue weighted by atomic mass is 32.1. The van der Waals surface area contributed by atoms with Crippen LogP contribution in [0.5, 0.6) is 11.5 Å². The van der Waals surface area contributed by atoms with E-state index >= 15 is 0 Å². The number of hydrogen-bond acceptors (Lipinski definition) is 7. The second kappa shape index (κ2) is 10.8. The van der Waals surface area contributed by atoms with Gasteiger partial charge in [0.25, 0.3) is 11.8 Å². The van der Waals surface area contributed by atoms with Crippen molar-refractivity contribution in [3.8, 4) is 22.1 Å². The molecule has 2 amide bonds. The molecule has 4 aromatic rings. The first-order valence-electron chi connectivity index (χ1n) is 10.1. The van der Waals surface area contributed by atoms with E-state index in [1.807, 2.05) is 47.2 Å². The Bertz CT molecular complexity index is 1210. The molecule has 7 nitrogen and oxygen atoms in total. The molecule has 0 radical (unpaired) electrons. The van der Waals surface area contributed by atoms with E-state index in [2.05, 4.69) is 15.8 Å². The molecule has 0 saturated carbocycles. The maximum atomic E-state index is 12.4. The van der Waals surface area contributed by atoms with Crippen molar-refractivity contribution in [2.45, 2.75) is 13.5 Å². The van der Waals surface area contributed by atoms with E-state index in [0.717, 1.165) is 16.1 Å². The SMILES string of the molecule is Cc1nc(-c2ccsc2)sc1C(=O)NNC(=O)COc1ccc(OCc2ccccc2)cc1. The number of nitrogens with zero attached hydrogens (tertiary/aromatic N) is 1. The smallest absolute Gasteiger partial charge is 0.281 e. The monoisotopic (exact) mass is 479 g/mol. The number of hydrazine groups is 1. The molecule has 2 aromatic heterocycles. The molecule has 0 unspecified atom stereocenters. The third-order valence-electron chi connectivity index (χ3n) is 4.53. The molecule has 9 heteroatoms. The first kappa shape index (κ1) is 22.5. The van der Waals surface area contributed by atoms with E-state index in [1.165, 1.54) is 11.3 Å². The average Bonchev–Trinajstić information content (AvgIpc) is 3.51. The van der Waals surface area contributed by atoms with Crippen molar-refractivity contribution < 1.29 is 19.1 Å². The number of ether oxygens (including phenoxy) is 2. The first-order chi connectivity index (χ1) is 16.1. The van der Waals surface area contributed by atoms with Crippen LogP contribution < -0.4 is 20.3 Å². The van der Waals surface area contributed by atoms with Crippen LogP contribution in [-0.4, -0.2) is 23.4 Å². The van der Waals surface area contributed by atoms with E-state index in [4.69, 9.17) is 9.47 Å². The van der Waals surface area contributed by atoms with E-state index in [9.17, 15) is 9.59 Å². The highest BCUT2D eigenvalue weighted by Gasteiger charge is 2.17. The number of nitrogens with one attached hydrogen (secondary N) is 2. The van der Waals surface area contributed by atoms with Gasteiger partial charge >= 0.3 is 0 Å². The summed E-state index contributed by atoms with van der Waals surface area (Å²) in [5.74, 6) is 0.319. The number of aromatic nitrogens is 1. The van der Waals surface area contributed by atoms with Gasteiger partial charge in [-0.3, -0.25) is 20.4 Å². The van der Waals surface area contributed by atoms with E-state index < -0.39 is 11.8 Å². The number of hydrogen-bond donors (Lipinski definition) is 2. The van der Waals surface area contributed by atoms with Crippen molar-refractivity contribution in [2.75, 3.05) is 6.61 Å². The molecule has 2 aromatic carbocycles. The third-order valence-corrected chi connectivity index (χ3v) is 6.42. The quantitative estimate of drug-likeness (QED) is 0.361. The minimum atomic E-state index is -0.479. The maximum absolute atomic E-state index is 12.4. The molecular weight excluding hydrogens is 458 g/mol. The molecule has 0 fully saturated rings. The number of carbonyl (C=O) groups is 2. The summed E-state index contributed by atoms with van der Waals surface area (Å²) in [7, 11) is 0. The van der Waals surface area contributed by atoms with Gasteiger partial charge in [0, 0.05) is 10.9 Å². The lowest BCUT2D eigenvalue weighted by atomic mass is 10.2. The van der Waals surface area contributed by atoms with Gasteiger partial charge in [0.15, 0.2) is 6.61 Å². The largest absolute Gasteiger partial charge is 0.489 e. The van der Waals surface area contributed by atoms with Crippen LogP contribution in [0.3, 0.4) is 0 Å². The standard InChI is InChI=1S/C24H21N3O4S2/c1-16-22(33-24(25-16)18-11-12-32-15-18)23(29)27-26-21(28)14-31-20-9-7-19(8-10-20)30-13-17-5-3-2-4-6-17/h2-12,15H,13-14H2,1H3,(H,26,28)(H,27,29). The van der Waals surface area contributed by atoms with E-state index in [0.29, 0.717) is 28.7 Å². The Balaban J connectivity index is 1.21. The fourth-order valence-electron chi connectivity index (χ4n) is 2.86. The van der Waals surface area contributed by atoms with Crippen molar-refractivity contribution in [1.82, 2.24) is 15.8 Å². The first-order valence-corrected chi connectivity index (χ1v) is 11.8. The topological polar surface area (TPSA) is 89.6 Å². The molecule has 0 aliphatic carbocycles. The second-order valence-corrected chi connectivity index (χ2v) is 8.76. The lowest BCUT2D eigenvalue weighted by Gasteiger charge is -2.10. The van der Waals surface area contributed by atoms with Crippen LogP contribution in [-0.2, 0) is 11.4 Å². The van der Waals surface area contributed by atoms with Gasteiger partial charge in [-0.2, -0.15) is 11.3 Å². The van der Waals surface area contributed by atoms with Crippen LogP contribution >= 0.6 is 22.7 Å². The Morgan fingerprint density at radius 1 is 0.939 bits per heavy atom. The summed E-state index contributed by atoms with van der Waals surface area (Å²) < 4.78 is 11.2. The minimum Gasteiger partial charge on any atom is -0.489 e. The van der Waals surface area contributed by atoms with Gasteiger partial charge < -0.3 is 9.47 Å². The van der Waals surface area contributed by atoms with Crippen LogP contribution in [0.15, 0.2) is 71.4 Å². The highest BCUT2D eigenvalue weighted by Crippen LogP contribution is 2.29. The number of thiazole rings is 1. The summed E-state index contributed by atoms with van der Waals surface area (Å²) in [6.45, 7) is 1.99. The molecule has 0 bridgehead atoms. The van der Waals surface area contributed by atoms with Crippen molar-refractivity contribution in [2.24, 2.45) is 0 Å². The van der Waals surface area contributed by atoms with Crippen molar-refractivity contribution >= 4 is 34.5 Å². The van der Waals surface area contributed by atoms with Gasteiger partial charge in [-0.25, -0.2) is 4.98 Å². The number of carbonyl (C=O) groups excluding carboxylic acids is 2. The Morgan fingerprint density at radius 3 is 2.36 bits per heavy atom. The van der Waals surface area contributed by atoms with Crippen LogP contribution in [0.25, 0.3) is 10.6 Å². The van der Waals surface area contributed by atoms with Crippen molar-refractivity contribution in [3.63, 3.8) is 0 Å². The van der Waals surface area contributed by atoms with E-state index in [1.54, 1.807) is 42.5 Å². The van der Waals surface area contributed by atoms with Crippen molar-refractivity contribution in [1.29, 1.82) is 0 Å². The number of rotatable bonds is 8. The predicted molar refractivity (Wildman–Crippen MR) is 128 cm³/mol. The zero-order valence-electron chi connectivity index (χ0n) is 17.7. The van der Waals surface area contributed by atoms with Gasteiger partial charge in [0.05, 0.1) is 5.69 Å². The number of aryl methyl sites for hydroxylation is 1. The predicted octanol–water partition coefficient (Wildman–Crippen LogP) is 4.60. The number of amides is 2. The lowest BCUT2D eigenvalue weighted by Crippen LogP contribution is -2.43. The zero-order chi connectivity index (χ0) is 23.0. The van der Waals surface area contributed by atoms with Crippen LogP contribution in [0, 0.1) is 6.92 Å². The van der Waals surface area contributed by atoms with Gasteiger partial charge in [0.2, 0.25) is 0 Å². The normalized spacial score (nSPS) is 10.5. The molecule has 33 heavy (non-hydrogen) atoms. The van der Waals surface area contributed by atoms with Gasteiger partial charge in [-0.15, -0.1) is 11.3 Å². The third kappa shape index (κ3) is 6.18. The lowest BCUT2D eigenvalue weighted by molar-refractivity contribution is -0.123. The molecule has 0 atom stereocenters. The Labute approximate surface area is 199 Å². The molecule has 4 rings (SSSR count). The summed E-state index contributed by atoms with van der Waals surface area (Å²) in [6.07, 6.45) is 0. The summed E-state index contributed by atoms with van der Waals surface area (Å²) in [5, 5.41) is 4.70. The summed E-state index contributed by atoms with van der Waals surface area (Å²) in [6, 6.07) is 18.8. The summed E-state index contributed by atoms with van der Waals surface area (Å²) in [5.41, 5.74) is 7.44.